The SMILES string of the molecule is N[C@H](C=O)C(S)C(=O)[C@@H](N)CCC(=O)O. The number of carbonyl (C=O) groups excluding carboxylic acids is 2. The summed E-state index contributed by atoms with van der Waals surface area (Å²) in [6.07, 6.45) is 0.208. The zero-order valence-corrected chi connectivity index (χ0v) is 8.89. The Morgan fingerprint density at radius 2 is 1.93 bits per heavy atom. The van der Waals surface area contributed by atoms with Gasteiger partial charge < -0.3 is 21.4 Å². The van der Waals surface area contributed by atoms with Crippen LogP contribution in [0.4, 0.5) is 0 Å². The van der Waals surface area contributed by atoms with E-state index in [0.29, 0.717) is 6.29 Å². The van der Waals surface area contributed by atoms with Crippen LogP contribution in [0, 0.1) is 0 Å². The molecule has 0 aromatic rings. The Balaban J connectivity index is 4.18. The third-order valence-electron chi connectivity index (χ3n) is 1.85. The van der Waals surface area contributed by atoms with Gasteiger partial charge in [-0.1, -0.05) is 0 Å². The highest BCUT2D eigenvalue weighted by molar-refractivity contribution is 7.82. The zero-order valence-electron chi connectivity index (χ0n) is 8.00. The lowest BCUT2D eigenvalue weighted by atomic mass is 10.0. The van der Waals surface area contributed by atoms with Crippen molar-refractivity contribution in [3.63, 3.8) is 0 Å². The topological polar surface area (TPSA) is 123 Å². The first-order valence-corrected chi connectivity index (χ1v) is 4.81. The van der Waals surface area contributed by atoms with Gasteiger partial charge in [-0.25, -0.2) is 0 Å². The van der Waals surface area contributed by atoms with Crippen molar-refractivity contribution in [2.24, 2.45) is 11.5 Å². The Morgan fingerprint density at radius 1 is 1.40 bits per heavy atom. The average molecular weight is 234 g/mol. The van der Waals surface area contributed by atoms with Crippen LogP contribution < -0.4 is 11.5 Å². The summed E-state index contributed by atoms with van der Waals surface area (Å²) >= 11 is 3.85. The van der Waals surface area contributed by atoms with Crippen LogP contribution in [0.1, 0.15) is 12.8 Å². The number of ketones is 1. The number of carbonyl (C=O) groups is 3. The van der Waals surface area contributed by atoms with Gasteiger partial charge in [-0.15, -0.1) is 0 Å². The first-order chi connectivity index (χ1) is 6.90. The molecule has 0 spiro atoms. The molecule has 5 N–H and O–H groups in total. The predicted octanol–water partition coefficient (Wildman–Crippen LogP) is -1.43. The van der Waals surface area contributed by atoms with Gasteiger partial charge >= 0.3 is 5.97 Å². The van der Waals surface area contributed by atoms with E-state index in [-0.39, 0.29) is 12.8 Å². The second-order valence-electron chi connectivity index (χ2n) is 3.10. The van der Waals surface area contributed by atoms with Crippen molar-refractivity contribution in [2.45, 2.75) is 30.2 Å². The third-order valence-corrected chi connectivity index (χ3v) is 2.45. The van der Waals surface area contributed by atoms with Gasteiger partial charge in [-0.2, -0.15) is 12.6 Å². The van der Waals surface area contributed by atoms with Crippen LogP contribution in [-0.4, -0.2) is 40.5 Å². The van der Waals surface area contributed by atoms with Crippen LogP contribution in [0.5, 0.6) is 0 Å². The second-order valence-corrected chi connectivity index (χ2v) is 3.66. The van der Waals surface area contributed by atoms with Crippen molar-refractivity contribution in [2.75, 3.05) is 0 Å². The maximum atomic E-state index is 11.4. The molecule has 1 unspecified atom stereocenters. The lowest BCUT2D eigenvalue weighted by Crippen LogP contribution is -2.45. The van der Waals surface area contributed by atoms with Crippen molar-refractivity contribution in [1.82, 2.24) is 0 Å². The highest BCUT2D eigenvalue weighted by Gasteiger charge is 2.26. The van der Waals surface area contributed by atoms with Gasteiger partial charge in [0.25, 0.3) is 0 Å². The van der Waals surface area contributed by atoms with Crippen LogP contribution in [0.25, 0.3) is 0 Å². The van der Waals surface area contributed by atoms with Crippen molar-refractivity contribution >= 4 is 30.7 Å². The van der Waals surface area contributed by atoms with Crippen molar-refractivity contribution in [1.29, 1.82) is 0 Å². The summed E-state index contributed by atoms with van der Waals surface area (Å²) in [6, 6.07) is -1.97. The zero-order chi connectivity index (χ0) is 12.0. The molecule has 0 saturated carbocycles. The summed E-state index contributed by atoms with van der Waals surface area (Å²) < 4.78 is 0. The number of Topliss-reactive ketones (excluding diaryl/α,β-unsaturated/α-hetero) is 1. The van der Waals surface area contributed by atoms with Crippen LogP contribution in [-0.2, 0) is 14.4 Å². The molecule has 7 heteroatoms. The molecule has 0 bridgehead atoms. The highest BCUT2D eigenvalue weighted by Crippen LogP contribution is 2.06. The van der Waals surface area contributed by atoms with E-state index in [9.17, 15) is 14.4 Å². The molecule has 0 saturated heterocycles. The van der Waals surface area contributed by atoms with Crippen LogP contribution in [0.15, 0.2) is 0 Å². The Hall–Kier alpha value is -0.920. The quantitative estimate of drug-likeness (QED) is 0.316. The maximum absolute atomic E-state index is 11.4. The van der Waals surface area contributed by atoms with E-state index in [1.807, 2.05) is 0 Å². The number of carboxylic acid groups (broad SMARTS) is 1. The molecule has 0 amide bonds. The minimum Gasteiger partial charge on any atom is -0.481 e. The van der Waals surface area contributed by atoms with E-state index in [1.165, 1.54) is 0 Å². The van der Waals surface area contributed by atoms with Gasteiger partial charge in [0.15, 0.2) is 5.78 Å². The molecule has 86 valence electrons. The number of rotatable bonds is 7. The second kappa shape index (κ2) is 6.54. The molecule has 0 fully saturated rings. The molecular formula is C8H14N2O4S. The number of thiol groups is 1. The lowest BCUT2D eigenvalue weighted by Gasteiger charge is -2.16. The molecule has 0 radical (unpaired) electrons. The van der Waals surface area contributed by atoms with E-state index in [2.05, 4.69) is 12.6 Å². The first-order valence-electron chi connectivity index (χ1n) is 4.30. The van der Waals surface area contributed by atoms with Gasteiger partial charge in [-0.3, -0.25) is 9.59 Å². The average Bonchev–Trinajstić information content (AvgIpc) is 2.22. The molecule has 0 aliphatic rings. The summed E-state index contributed by atoms with van der Waals surface area (Å²) in [6.45, 7) is 0. The van der Waals surface area contributed by atoms with Crippen molar-refractivity contribution in [3.05, 3.63) is 0 Å². The van der Waals surface area contributed by atoms with Gasteiger partial charge in [-0.05, 0) is 6.42 Å². The van der Waals surface area contributed by atoms with Gasteiger partial charge in [0.05, 0.1) is 17.3 Å². The number of hydrogen-bond donors (Lipinski definition) is 4. The molecular weight excluding hydrogens is 220 g/mol. The van der Waals surface area contributed by atoms with E-state index in [0.717, 1.165) is 0 Å². The highest BCUT2D eigenvalue weighted by atomic mass is 32.1. The molecule has 0 rings (SSSR count). The van der Waals surface area contributed by atoms with Crippen LogP contribution >= 0.6 is 12.6 Å². The van der Waals surface area contributed by atoms with E-state index >= 15 is 0 Å². The summed E-state index contributed by atoms with van der Waals surface area (Å²) in [5, 5.41) is 7.39. The Bertz CT molecular complexity index is 259. The minimum absolute atomic E-state index is 0.0107. The molecule has 0 heterocycles. The molecule has 0 aliphatic carbocycles. The minimum atomic E-state index is -1.03. The Morgan fingerprint density at radius 3 is 2.33 bits per heavy atom. The van der Waals surface area contributed by atoms with Crippen molar-refractivity contribution in [3.8, 4) is 0 Å². The van der Waals surface area contributed by atoms with Gasteiger partial charge in [0, 0.05) is 6.42 Å². The summed E-state index contributed by atoms with van der Waals surface area (Å²) in [4.78, 5) is 31.9. The number of hydrogen-bond acceptors (Lipinski definition) is 6. The fourth-order valence-corrected chi connectivity index (χ4v) is 1.17. The standard InChI is InChI=1S/C8H14N2O4S/c9-4(1-2-6(12)13)7(14)8(15)5(10)3-11/h3-5,8,15H,1-2,9-10H2,(H,12,13)/t4-,5+,8?/m0/s1. The van der Waals surface area contributed by atoms with E-state index in [4.69, 9.17) is 16.6 Å². The monoisotopic (exact) mass is 234 g/mol. The van der Waals surface area contributed by atoms with E-state index in [1.54, 1.807) is 0 Å². The summed E-state index contributed by atoms with van der Waals surface area (Å²) in [5.41, 5.74) is 10.7. The fraction of sp³-hybridized carbons (Fsp3) is 0.625. The van der Waals surface area contributed by atoms with Gasteiger partial charge in [0.1, 0.15) is 6.29 Å². The Kier molecular flexibility index (Phi) is 6.14. The summed E-state index contributed by atoms with van der Waals surface area (Å²) in [7, 11) is 0. The maximum Gasteiger partial charge on any atom is 0.303 e. The normalized spacial score (nSPS) is 16.5. The molecule has 0 aliphatic heterocycles. The van der Waals surface area contributed by atoms with Crippen LogP contribution in [0.3, 0.4) is 0 Å². The van der Waals surface area contributed by atoms with Crippen LogP contribution in [0.2, 0.25) is 0 Å². The molecule has 0 aromatic carbocycles. The third kappa shape index (κ3) is 4.91. The fourth-order valence-electron chi connectivity index (χ4n) is 0.905. The lowest BCUT2D eigenvalue weighted by molar-refractivity contribution is -0.137. The largest absolute Gasteiger partial charge is 0.481 e. The summed E-state index contributed by atoms with van der Waals surface area (Å²) in [5.74, 6) is -1.55. The number of nitrogens with two attached hydrogens (primary N) is 2. The molecule has 3 atom stereocenters. The van der Waals surface area contributed by atoms with E-state index < -0.39 is 29.1 Å². The molecule has 6 nitrogen and oxygen atoms in total. The Labute approximate surface area is 92.4 Å². The molecule has 0 aromatic heterocycles. The molecule has 15 heavy (non-hydrogen) atoms. The van der Waals surface area contributed by atoms with Gasteiger partial charge in [0.2, 0.25) is 0 Å². The van der Waals surface area contributed by atoms with Crippen molar-refractivity contribution < 1.29 is 19.5 Å². The number of aldehydes is 1. The number of carboxylic acids is 1. The number of aliphatic carboxylic acids is 1. The predicted molar refractivity (Wildman–Crippen MR) is 56.7 cm³/mol. The smallest absolute Gasteiger partial charge is 0.303 e. The first kappa shape index (κ1) is 14.1.